The van der Waals surface area contributed by atoms with Crippen LogP contribution in [-0.4, -0.2) is 47.8 Å². The largest absolute Gasteiger partial charge is 0.507 e. The fraction of sp³-hybridized carbons (Fsp3) is 0.471. The lowest BCUT2D eigenvalue weighted by Gasteiger charge is -2.16. The first-order chi connectivity index (χ1) is 12.1. The minimum Gasteiger partial charge on any atom is -0.507 e. The summed E-state index contributed by atoms with van der Waals surface area (Å²) in [4.78, 5) is 24.9. The maximum absolute atomic E-state index is 10.5. The van der Waals surface area contributed by atoms with Gasteiger partial charge in [-0.15, -0.1) is 0 Å². The van der Waals surface area contributed by atoms with Crippen molar-refractivity contribution in [2.75, 3.05) is 19.0 Å². The standard InChI is InChI=1S/C17H21NO6S/c1-17(24-12-20)10-25-16(18-17)14-6-5-13(9-15(14)21)23-8-4-2-3-7-22-11-19/h5-6,9,11-12,21H,2-4,7-8,10H2,1H3/t17-/m0/s1. The number of aliphatic imine (C=N–C) groups is 1. The molecule has 0 unspecified atom stereocenters. The van der Waals surface area contributed by atoms with Crippen LogP contribution >= 0.6 is 11.8 Å². The Hall–Kier alpha value is -2.22. The van der Waals surface area contributed by atoms with Gasteiger partial charge in [-0.25, -0.2) is 4.99 Å². The predicted molar refractivity (Wildman–Crippen MR) is 94.0 cm³/mol. The third-order valence-electron chi connectivity index (χ3n) is 3.56. The molecular formula is C17H21NO6S. The first-order valence-electron chi connectivity index (χ1n) is 7.93. The molecule has 0 spiro atoms. The summed E-state index contributed by atoms with van der Waals surface area (Å²) in [5.74, 6) is 1.14. The minimum atomic E-state index is -0.892. The summed E-state index contributed by atoms with van der Waals surface area (Å²) in [5, 5.41) is 10.8. The maximum atomic E-state index is 10.5. The molecule has 1 aliphatic rings. The summed E-state index contributed by atoms with van der Waals surface area (Å²) in [6.07, 6.45) is 2.51. The van der Waals surface area contributed by atoms with Crippen molar-refractivity contribution in [2.24, 2.45) is 4.99 Å². The second-order valence-electron chi connectivity index (χ2n) is 5.65. The van der Waals surface area contributed by atoms with Gasteiger partial charge in [-0.1, -0.05) is 11.8 Å². The molecule has 0 saturated carbocycles. The van der Waals surface area contributed by atoms with E-state index in [0.717, 1.165) is 19.3 Å². The minimum absolute atomic E-state index is 0.0680. The van der Waals surface area contributed by atoms with Crippen LogP contribution < -0.4 is 4.74 Å². The number of thioether (sulfide) groups is 1. The van der Waals surface area contributed by atoms with Crippen LogP contribution in [0.15, 0.2) is 23.2 Å². The van der Waals surface area contributed by atoms with Gasteiger partial charge in [-0.3, -0.25) is 9.59 Å². The van der Waals surface area contributed by atoms with E-state index >= 15 is 0 Å². The lowest BCUT2D eigenvalue weighted by atomic mass is 10.2. The van der Waals surface area contributed by atoms with E-state index in [9.17, 15) is 14.7 Å². The number of aromatic hydroxyl groups is 1. The third-order valence-corrected chi connectivity index (χ3v) is 4.82. The number of benzene rings is 1. The van der Waals surface area contributed by atoms with Crippen molar-refractivity contribution in [3.63, 3.8) is 0 Å². The average molecular weight is 367 g/mol. The van der Waals surface area contributed by atoms with E-state index in [1.807, 2.05) is 0 Å². The van der Waals surface area contributed by atoms with Gasteiger partial charge in [-0.05, 0) is 38.3 Å². The Balaban J connectivity index is 1.86. The summed E-state index contributed by atoms with van der Waals surface area (Å²) < 4.78 is 15.2. The van der Waals surface area contributed by atoms with E-state index in [0.29, 0.717) is 48.3 Å². The van der Waals surface area contributed by atoms with Crippen molar-refractivity contribution in [1.82, 2.24) is 0 Å². The zero-order valence-electron chi connectivity index (χ0n) is 14.0. The Morgan fingerprint density at radius 3 is 2.76 bits per heavy atom. The average Bonchev–Trinajstić information content (AvgIpc) is 2.96. The number of rotatable bonds is 11. The van der Waals surface area contributed by atoms with Crippen molar-refractivity contribution in [1.29, 1.82) is 0 Å². The number of phenolic OH excluding ortho intramolecular Hbond substituents is 1. The lowest BCUT2D eigenvalue weighted by molar-refractivity contribution is -0.138. The SMILES string of the molecule is C[C@]1(OC=O)CSC(c2ccc(OCCCCCOC=O)cc2O)=N1. The molecule has 136 valence electrons. The summed E-state index contributed by atoms with van der Waals surface area (Å²) >= 11 is 1.42. The zero-order valence-corrected chi connectivity index (χ0v) is 14.8. The molecule has 25 heavy (non-hydrogen) atoms. The zero-order chi connectivity index (χ0) is 18.1. The number of carbonyl (C=O) groups is 2. The number of hydrogen-bond donors (Lipinski definition) is 1. The molecule has 0 aliphatic carbocycles. The maximum Gasteiger partial charge on any atom is 0.295 e. The molecule has 0 bridgehead atoms. The van der Waals surface area contributed by atoms with Gasteiger partial charge >= 0.3 is 0 Å². The van der Waals surface area contributed by atoms with Crippen LogP contribution in [0.2, 0.25) is 0 Å². The van der Waals surface area contributed by atoms with E-state index in [2.05, 4.69) is 9.73 Å². The van der Waals surface area contributed by atoms with Gasteiger partial charge in [0.15, 0.2) is 0 Å². The van der Waals surface area contributed by atoms with Crippen LogP contribution in [0.1, 0.15) is 31.7 Å². The first-order valence-corrected chi connectivity index (χ1v) is 8.92. The molecule has 2 rings (SSSR count). The molecule has 0 aromatic heterocycles. The van der Waals surface area contributed by atoms with Crippen molar-refractivity contribution in [3.8, 4) is 11.5 Å². The second-order valence-corrected chi connectivity index (χ2v) is 6.61. The van der Waals surface area contributed by atoms with Crippen molar-refractivity contribution < 1.29 is 28.9 Å². The normalized spacial score (nSPS) is 19.2. The molecule has 1 atom stereocenters. The van der Waals surface area contributed by atoms with Crippen LogP contribution in [0.4, 0.5) is 0 Å². The third kappa shape index (κ3) is 5.67. The van der Waals surface area contributed by atoms with Gasteiger partial charge in [0.05, 0.1) is 19.0 Å². The highest BCUT2D eigenvalue weighted by Gasteiger charge is 2.33. The molecule has 7 nitrogen and oxygen atoms in total. The highest BCUT2D eigenvalue weighted by Crippen LogP contribution is 2.35. The summed E-state index contributed by atoms with van der Waals surface area (Å²) in [6, 6.07) is 5.05. The van der Waals surface area contributed by atoms with Gasteiger partial charge in [-0.2, -0.15) is 0 Å². The quantitative estimate of drug-likeness (QED) is 0.474. The van der Waals surface area contributed by atoms with Gasteiger partial charge < -0.3 is 19.3 Å². The number of nitrogens with zero attached hydrogens (tertiary/aromatic N) is 1. The monoisotopic (exact) mass is 367 g/mol. The highest BCUT2D eigenvalue weighted by atomic mass is 32.2. The molecule has 1 aliphatic heterocycles. The van der Waals surface area contributed by atoms with Crippen LogP contribution in [0.3, 0.4) is 0 Å². The summed E-state index contributed by atoms with van der Waals surface area (Å²) in [5.41, 5.74) is -0.307. The predicted octanol–water partition coefficient (Wildman–Crippen LogP) is 2.50. The highest BCUT2D eigenvalue weighted by molar-refractivity contribution is 8.14. The van der Waals surface area contributed by atoms with E-state index in [1.165, 1.54) is 11.8 Å². The fourth-order valence-corrected chi connectivity index (χ4v) is 3.39. The van der Waals surface area contributed by atoms with Crippen LogP contribution in [-0.2, 0) is 19.1 Å². The Morgan fingerprint density at radius 2 is 2.04 bits per heavy atom. The number of unbranched alkanes of at least 4 members (excludes halogenated alkanes) is 2. The fourth-order valence-electron chi connectivity index (χ4n) is 2.27. The van der Waals surface area contributed by atoms with E-state index < -0.39 is 5.72 Å². The number of ether oxygens (including phenoxy) is 3. The Morgan fingerprint density at radius 1 is 1.24 bits per heavy atom. The smallest absolute Gasteiger partial charge is 0.295 e. The van der Waals surface area contributed by atoms with E-state index in [-0.39, 0.29) is 5.75 Å². The molecule has 0 saturated heterocycles. The molecule has 8 heteroatoms. The van der Waals surface area contributed by atoms with Gasteiger partial charge in [0.1, 0.15) is 16.5 Å². The van der Waals surface area contributed by atoms with Crippen LogP contribution in [0.5, 0.6) is 11.5 Å². The van der Waals surface area contributed by atoms with Crippen molar-refractivity contribution >= 4 is 29.8 Å². The van der Waals surface area contributed by atoms with E-state index in [4.69, 9.17) is 9.47 Å². The van der Waals surface area contributed by atoms with Crippen LogP contribution in [0, 0.1) is 0 Å². The number of phenols is 1. The number of hydrogen-bond acceptors (Lipinski definition) is 8. The Bertz CT molecular complexity index is 636. The molecule has 1 heterocycles. The topological polar surface area (TPSA) is 94.4 Å². The van der Waals surface area contributed by atoms with Gasteiger partial charge in [0, 0.05) is 11.6 Å². The molecule has 1 aromatic carbocycles. The Kier molecular flexibility index (Phi) is 7.12. The summed E-state index contributed by atoms with van der Waals surface area (Å²) in [6.45, 7) is 3.48. The van der Waals surface area contributed by atoms with Gasteiger partial charge in [0.2, 0.25) is 5.72 Å². The molecule has 0 radical (unpaired) electrons. The Labute approximate surface area is 150 Å². The second kappa shape index (κ2) is 9.31. The molecular weight excluding hydrogens is 346 g/mol. The van der Waals surface area contributed by atoms with E-state index in [1.54, 1.807) is 25.1 Å². The molecule has 0 fully saturated rings. The molecule has 1 N–H and O–H groups in total. The lowest BCUT2D eigenvalue weighted by Crippen LogP contribution is -2.25. The summed E-state index contributed by atoms with van der Waals surface area (Å²) in [7, 11) is 0. The van der Waals surface area contributed by atoms with Gasteiger partial charge in [0.25, 0.3) is 12.9 Å². The molecule has 0 amide bonds. The van der Waals surface area contributed by atoms with Crippen LogP contribution in [0.25, 0.3) is 0 Å². The molecule has 1 aromatic rings. The number of carbonyl (C=O) groups excluding carboxylic acids is 2. The van der Waals surface area contributed by atoms with Crippen molar-refractivity contribution in [3.05, 3.63) is 23.8 Å². The first kappa shape index (κ1) is 19.1. The van der Waals surface area contributed by atoms with Crippen molar-refractivity contribution in [2.45, 2.75) is 31.9 Å².